The van der Waals surface area contributed by atoms with Crippen LogP contribution in [-0.2, 0) is 0 Å². The van der Waals surface area contributed by atoms with Gasteiger partial charge < -0.3 is 10.1 Å². The minimum atomic E-state index is -0.249. The molecule has 1 saturated carbocycles. The normalized spacial score (nSPS) is 17.3. The molecule has 20 heavy (non-hydrogen) atoms. The van der Waals surface area contributed by atoms with Crippen molar-refractivity contribution in [3.05, 3.63) is 29.6 Å². The minimum Gasteiger partial charge on any atom is -0.493 e. The predicted octanol–water partition coefficient (Wildman–Crippen LogP) is 3.57. The molecular formula is C16H21FN2O. The Hall–Kier alpha value is -1.60. The van der Waals surface area contributed by atoms with Crippen LogP contribution in [0.2, 0.25) is 0 Å². The van der Waals surface area contributed by atoms with Crippen molar-refractivity contribution in [2.75, 3.05) is 13.2 Å². The SMILES string of the molecule is CCNC(C)c1ccc(OCC2(CC#N)CC2)cc1F. The van der Waals surface area contributed by atoms with Crippen molar-refractivity contribution in [1.29, 1.82) is 5.26 Å². The second-order valence-corrected chi connectivity index (χ2v) is 5.59. The van der Waals surface area contributed by atoms with Crippen LogP contribution in [0.1, 0.15) is 44.7 Å². The number of halogens is 1. The average Bonchev–Trinajstić information content (AvgIpc) is 3.17. The van der Waals surface area contributed by atoms with Gasteiger partial charge >= 0.3 is 0 Å². The van der Waals surface area contributed by atoms with Gasteiger partial charge in [0.25, 0.3) is 0 Å². The Morgan fingerprint density at radius 2 is 2.25 bits per heavy atom. The van der Waals surface area contributed by atoms with Gasteiger partial charge in [-0.1, -0.05) is 13.0 Å². The third kappa shape index (κ3) is 3.49. The average molecular weight is 276 g/mol. The molecule has 0 aromatic heterocycles. The van der Waals surface area contributed by atoms with Gasteiger partial charge in [-0.15, -0.1) is 0 Å². The quantitative estimate of drug-likeness (QED) is 0.828. The van der Waals surface area contributed by atoms with Gasteiger partial charge in [0.15, 0.2) is 0 Å². The van der Waals surface area contributed by atoms with E-state index in [1.807, 2.05) is 13.8 Å². The number of rotatable bonds is 7. The maximum atomic E-state index is 14.0. The minimum absolute atomic E-state index is 0.0117. The van der Waals surface area contributed by atoms with E-state index in [1.54, 1.807) is 12.1 Å². The zero-order chi connectivity index (χ0) is 14.6. The first-order valence-electron chi connectivity index (χ1n) is 7.13. The molecule has 1 aromatic carbocycles. The Morgan fingerprint density at radius 1 is 1.50 bits per heavy atom. The monoisotopic (exact) mass is 276 g/mol. The largest absolute Gasteiger partial charge is 0.493 e. The lowest BCUT2D eigenvalue weighted by molar-refractivity contribution is 0.236. The van der Waals surface area contributed by atoms with Crippen molar-refractivity contribution in [2.24, 2.45) is 5.41 Å². The van der Waals surface area contributed by atoms with Gasteiger partial charge in [0, 0.05) is 29.5 Å². The Kier molecular flexibility index (Phi) is 4.61. The fourth-order valence-corrected chi connectivity index (χ4v) is 2.32. The zero-order valence-corrected chi connectivity index (χ0v) is 12.1. The van der Waals surface area contributed by atoms with Crippen LogP contribution in [0.3, 0.4) is 0 Å². The number of ether oxygens (including phenoxy) is 1. The fraction of sp³-hybridized carbons (Fsp3) is 0.562. The van der Waals surface area contributed by atoms with Crippen molar-refractivity contribution in [1.82, 2.24) is 5.32 Å². The smallest absolute Gasteiger partial charge is 0.131 e. The van der Waals surface area contributed by atoms with E-state index in [4.69, 9.17) is 10.00 Å². The first-order valence-corrected chi connectivity index (χ1v) is 7.13. The molecule has 0 heterocycles. The van der Waals surface area contributed by atoms with Gasteiger partial charge in [-0.05, 0) is 32.4 Å². The summed E-state index contributed by atoms with van der Waals surface area (Å²) in [5.41, 5.74) is 0.665. The molecule has 1 N–H and O–H groups in total. The van der Waals surface area contributed by atoms with Crippen molar-refractivity contribution in [3.8, 4) is 11.8 Å². The molecule has 1 aliphatic carbocycles. The highest BCUT2D eigenvalue weighted by molar-refractivity contribution is 5.30. The highest BCUT2D eigenvalue weighted by atomic mass is 19.1. The number of nitrogens with zero attached hydrogens (tertiary/aromatic N) is 1. The summed E-state index contributed by atoms with van der Waals surface area (Å²) in [5, 5.41) is 11.9. The molecule has 108 valence electrons. The third-order valence-corrected chi connectivity index (χ3v) is 3.90. The number of nitrogens with one attached hydrogen (secondary N) is 1. The van der Waals surface area contributed by atoms with Gasteiger partial charge in [-0.3, -0.25) is 0 Å². The van der Waals surface area contributed by atoms with E-state index < -0.39 is 0 Å². The second kappa shape index (κ2) is 6.23. The van der Waals surface area contributed by atoms with Crippen LogP contribution in [0.5, 0.6) is 5.75 Å². The van der Waals surface area contributed by atoms with E-state index >= 15 is 0 Å². The van der Waals surface area contributed by atoms with Crippen LogP contribution < -0.4 is 10.1 Å². The van der Waals surface area contributed by atoms with Gasteiger partial charge in [0.05, 0.1) is 12.7 Å². The Balaban J connectivity index is 1.97. The van der Waals surface area contributed by atoms with Crippen LogP contribution >= 0.6 is 0 Å². The van der Waals surface area contributed by atoms with Crippen molar-refractivity contribution < 1.29 is 9.13 Å². The Labute approximate surface area is 119 Å². The standard InChI is InChI=1S/C16H21FN2O/c1-3-19-12(2)14-5-4-13(10-15(14)17)20-11-16(6-7-16)8-9-18/h4-5,10,12,19H,3,6-8,11H2,1-2H3. The number of benzene rings is 1. The summed E-state index contributed by atoms with van der Waals surface area (Å²) in [6.45, 7) is 5.24. The maximum Gasteiger partial charge on any atom is 0.131 e. The van der Waals surface area contributed by atoms with Gasteiger partial charge in [-0.2, -0.15) is 5.26 Å². The molecule has 1 fully saturated rings. The molecule has 3 nitrogen and oxygen atoms in total. The van der Waals surface area contributed by atoms with Crippen molar-refractivity contribution in [3.63, 3.8) is 0 Å². The molecule has 0 bridgehead atoms. The fourth-order valence-electron chi connectivity index (χ4n) is 2.32. The summed E-state index contributed by atoms with van der Waals surface area (Å²) < 4.78 is 19.7. The molecule has 0 aliphatic heterocycles. The molecule has 0 saturated heterocycles. The summed E-state index contributed by atoms with van der Waals surface area (Å²) in [6.07, 6.45) is 2.57. The lowest BCUT2D eigenvalue weighted by Gasteiger charge is -2.16. The molecule has 4 heteroatoms. The summed E-state index contributed by atoms with van der Waals surface area (Å²) >= 11 is 0. The van der Waals surface area contributed by atoms with E-state index in [1.165, 1.54) is 6.07 Å². The summed E-state index contributed by atoms with van der Waals surface area (Å²) in [6, 6.07) is 7.18. The van der Waals surface area contributed by atoms with Crippen LogP contribution in [0.15, 0.2) is 18.2 Å². The maximum absolute atomic E-state index is 14.0. The highest BCUT2D eigenvalue weighted by Crippen LogP contribution is 2.48. The lowest BCUT2D eigenvalue weighted by atomic mass is 10.1. The van der Waals surface area contributed by atoms with Crippen LogP contribution in [0.4, 0.5) is 4.39 Å². The Morgan fingerprint density at radius 3 is 2.80 bits per heavy atom. The first-order chi connectivity index (χ1) is 9.60. The zero-order valence-electron chi connectivity index (χ0n) is 12.1. The number of hydrogen-bond acceptors (Lipinski definition) is 3. The molecule has 1 aliphatic rings. The molecule has 1 atom stereocenters. The first kappa shape index (κ1) is 14.8. The topological polar surface area (TPSA) is 45.0 Å². The predicted molar refractivity (Wildman–Crippen MR) is 75.9 cm³/mol. The van der Waals surface area contributed by atoms with Crippen LogP contribution in [-0.4, -0.2) is 13.2 Å². The lowest BCUT2D eigenvalue weighted by Crippen LogP contribution is -2.19. The number of hydrogen-bond donors (Lipinski definition) is 1. The van der Waals surface area contributed by atoms with E-state index in [2.05, 4.69) is 11.4 Å². The van der Waals surface area contributed by atoms with E-state index in [9.17, 15) is 4.39 Å². The van der Waals surface area contributed by atoms with Crippen molar-refractivity contribution in [2.45, 2.75) is 39.2 Å². The molecule has 0 spiro atoms. The summed E-state index contributed by atoms with van der Waals surface area (Å²) in [5.74, 6) is 0.292. The molecule has 1 unspecified atom stereocenters. The van der Waals surface area contributed by atoms with E-state index in [-0.39, 0.29) is 17.3 Å². The summed E-state index contributed by atoms with van der Waals surface area (Å²) in [4.78, 5) is 0. The highest BCUT2D eigenvalue weighted by Gasteiger charge is 2.43. The van der Waals surface area contributed by atoms with Gasteiger partial charge in [-0.25, -0.2) is 4.39 Å². The molecule has 2 rings (SSSR count). The molecule has 0 amide bonds. The third-order valence-electron chi connectivity index (χ3n) is 3.90. The van der Waals surface area contributed by atoms with Crippen LogP contribution in [0.25, 0.3) is 0 Å². The Bertz CT molecular complexity index is 506. The molecular weight excluding hydrogens is 255 g/mol. The summed E-state index contributed by atoms with van der Waals surface area (Å²) in [7, 11) is 0. The van der Waals surface area contributed by atoms with E-state index in [0.717, 1.165) is 19.4 Å². The second-order valence-electron chi connectivity index (χ2n) is 5.59. The van der Waals surface area contributed by atoms with Crippen LogP contribution in [0, 0.1) is 22.6 Å². The van der Waals surface area contributed by atoms with Gasteiger partial charge in [0.2, 0.25) is 0 Å². The van der Waals surface area contributed by atoms with Gasteiger partial charge in [0.1, 0.15) is 11.6 Å². The molecule has 0 radical (unpaired) electrons. The molecule has 1 aromatic rings. The number of nitriles is 1. The van der Waals surface area contributed by atoms with E-state index in [0.29, 0.717) is 24.3 Å². The van der Waals surface area contributed by atoms with Crippen molar-refractivity contribution >= 4 is 0 Å².